The van der Waals surface area contributed by atoms with Gasteiger partial charge in [0.25, 0.3) is 0 Å². The fourth-order valence-corrected chi connectivity index (χ4v) is 8.08. The third-order valence-electron chi connectivity index (χ3n) is 7.71. The number of piperidine rings is 4. The van der Waals surface area contributed by atoms with Gasteiger partial charge in [0.05, 0.1) is 10.2 Å². The molecular formula is C20H30N2O2S. The molecule has 5 aliphatic heterocycles. The summed E-state index contributed by atoms with van der Waals surface area (Å²) in [5.74, 6) is 1.64. The Hall–Kier alpha value is -0.710. The largest absolute Gasteiger partial charge is 0.339 e. The zero-order valence-corrected chi connectivity index (χ0v) is 16.0. The summed E-state index contributed by atoms with van der Waals surface area (Å²) in [5.41, 5.74) is -0.239. The molecule has 138 valence electrons. The van der Waals surface area contributed by atoms with Crippen molar-refractivity contribution in [3.8, 4) is 0 Å². The Kier molecular flexibility index (Phi) is 3.88. The number of hydrogen-bond donors (Lipinski definition) is 0. The molecular weight excluding hydrogens is 332 g/mol. The van der Waals surface area contributed by atoms with E-state index in [2.05, 4.69) is 9.80 Å². The van der Waals surface area contributed by atoms with E-state index in [1.807, 2.05) is 11.8 Å². The van der Waals surface area contributed by atoms with Crippen LogP contribution in [-0.4, -0.2) is 57.3 Å². The monoisotopic (exact) mass is 362 g/mol. The van der Waals surface area contributed by atoms with Gasteiger partial charge in [0.2, 0.25) is 11.8 Å². The Morgan fingerprint density at radius 2 is 1.44 bits per heavy atom. The number of rotatable bonds is 0. The van der Waals surface area contributed by atoms with E-state index in [1.165, 1.54) is 25.7 Å². The maximum atomic E-state index is 13.4. The van der Waals surface area contributed by atoms with Gasteiger partial charge in [-0.1, -0.05) is 0 Å². The predicted molar refractivity (Wildman–Crippen MR) is 99.4 cm³/mol. The highest BCUT2D eigenvalue weighted by Crippen LogP contribution is 2.58. The van der Waals surface area contributed by atoms with E-state index >= 15 is 0 Å². The topological polar surface area (TPSA) is 40.6 Å². The summed E-state index contributed by atoms with van der Waals surface area (Å²) < 4.78 is -0.286. The minimum Gasteiger partial charge on any atom is -0.339 e. The number of fused-ring (bicyclic) bond motifs is 2. The third-order valence-corrected chi connectivity index (χ3v) is 9.48. The smallest absolute Gasteiger partial charge is 0.239 e. The second-order valence-electron chi connectivity index (χ2n) is 9.11. The molecule has 5 fully saturated rings. The zero-order chi connectivity index (χ0) is 17.1. The van der Waals surface area contributed by atoms with E-state index in [-0.39, 0.29) is 10.2 Å². The summed E-state index contributed by atoms with van der Waals surface area (Å²) in [6, 6.07) is 0.972. The van der Waals surface area contributed by atoms with Crippen LogP contribution in [0.4, 0.5) is 0 Å². The van der Waals surface area contributed by atoms with Crippen molar-refractivity contribution < 1.29 is 9.59 Å². The van der Waals surface area contributed by atoms with Crippen LogP contribution >= 0.6 is 11.8 Å². The van der Waals surface area contributed by atoms with Crippen molar-refractivity contribution in [2.45, 2.75) is 87.5 Å². The maximum Gasteiger partial charge on any atom is 0.239 e. The van der Waals surface area contributed by atoms with Crippen LogP contribution in [0.15, 0.2) is 0 Å². The Bertz CT molecular complexity index is 546. The lowest BCUT2D eigenvalue weighted by molar-refractivity contribution is -0.152. The molecule has 5 saturated heterocycles. The lowest BCUT2D eigenvalue weighted by Crippen LogP contribution is -2.59. The van der Waals surface area contributed by atoms with Gasteiger partial charge in [-0.15, -0.1) is 11.8 Å². The molecule has 0 aliphatic carbocycles. The van der Waals surface area contributed by atoms with Gasteiger partial charge < -0.3 is 9.80 Å². The highest BCUT2D eigenvalue weighted by Gasteiger charge is 2.61. The standard InChI is InChI=1S/C20H30N2O2S/c23-17-19(9-7-15-5-1-3-11-21(15)17)13-20(25-14-19)10-8-16-6-2-4-12-22(16)18(20)24/h15-16H,1-14H2/t15-,16-,19-,20+/m1/s1. The molecule has 5 heteroatoms. The van der Waals surface area contributed by atoms with Crippen LogP contribution in [-0.2, 0) is 9.59 Å². The normalized spacial score (nSPS) is 44.3. The summed E-state index contributed by atoms with van der Waals surface area (Å²) >= 11 is 1.84. The third kappa shape index (κ3) is 2.40. The number of thioether (sulfide) groups is 1. The second-order valence-corrected chi connectivity index (χ2v) is 10.5. The number of hydrogen-bond acceptors (Lipinski definition) is 3. The first-order chi connectivity index (χ1) is 12.1. The number of nitrogens with zero attached hydrogens (tertiary/aromatic N) is 2. The van der Waals surface area contributed by atoms with E-state index in [4.69, 9.17) is 0 Å². The summed E-state index contributed by atoms with van der Waals surface area (Å²) in [4.78, 5) is 31.2. The molecule has 5 heterocycles. The van der Waals surface area contributed by atoms with Crippen molar-refractivity contribution in [1.82, 2.24) is 9.80 Å². The summed E-state index contributed by atoms with van der Waals surface area (Å²) in [7, 11) is 0. The summed E-state index contributed by atoms with van der Waals surface area (Å²) in [6.45, 7) is 1.89. The van der Waals surface area contributed by atoms with E-state index in [0.717, 1.165) is 63.8 Å². The molecule has 0 saturated carbocycles. The SMILES string of the molecule is O=C1N2CCCC[C@@H]2CC[C@@]12CS[C@@]1(CC[C@H]3CCCCN3C1=O)C2. The van der Waals surface area contributed by atoms with Crippen LogP contribution in [0.2, 0.25) is 0 Å². The minimum absolute atomic E-state index is 0.239. The van der Waals surface area contributed by atoms with Gasteiger partial charge in [-0.2, -0.15) is 0 Å². The van der Waals surface area contributed by atoms with Crippen molar-refractivity contribution in [2.75, 3.05) is 18.8 Å². The molecule has 0 unspecified atom stereocenters. The minimum atomic E-state index is -0.286. The predicted octanol–water partition coefficient (Wildman–Crippen LogP) is 3.20. The van der Waals surface area contributed by atoms with Crippen LogP contribution in [0.1, 0.15) is 70.6 Å². The van der Waals surface area contributed by atoms with E-state index in [1.54, 1.807) is 0 Å². The molecule has 2 spiro atoms. The second kappa shape index (κ2) is 5.90. The molecule has 0 radical (unpaired) electrons. The van der Waals surface area contributed by atoms with Crippen LogP contribution < -0.4 is 0 Å². The molecule has 0 aromatic heterocycles. The molecule has 0 bridgehead atoms. The van der Waals surface area contributed by atoms with Gasteiger partial charge in [-0.05, 0) is 70.6 Å². The van der Waals surface area contributed by atoms with Crippen molar-refractivity contribution >= 4 is 23.6 Å². The molecule has 4 atom stereocenters. The summed E-state index contributed by atoms with van der Waals surface area (Å²) in [6.07, 6.45) is 12.4. The number of carbonyl (C=O) groups excluding carboxylic acids is 2. The first kappa shape index (κ1) is 16.5. The van der Waals surface area contributed by atoms with Gasteiger partial charge >= 0.3 is 0 Å². The average molecular weight is 363 g/mol. The van der Waals surface area contributed by atoms with Crippen LogP contribution in [0.25, 0.3) is 0 Å². The van der Waals surface area contributed by atoms with Crippen LogP contribution in [0, 0.1) is 5.41 Å². The van der Waals surface area contributed by atoms with E-state index in [9.17, 15) is 9.59 Å². The quantitative estimate of drug-likeness (QED) is 0.664. The Labute approximate surface area is 155 Å². The van der Waals surface area contributed by atoms with Crippen molar-refractivity contribution in [1.29, 1.82) is 0 Å². The van der Waals surface area contributed by atoms with Crippen molar-refractivity contribution in [3.05, 3.63) is 0 Å². The van der Waals surface area contributed by atoms with Gasteiger partial charge in [-0.3, -0.25) is 9.59 Å². The van der Waals surface area contributed by atoms with Gasteiger partial charge in [0, 0.05) is 30.9 Å². The fraction of sp³-hybridized carbons (Fsp3) is 0.900. The fourth-order valence-electron chi connectivity index (χ4n) is 6.28. The number of amides is 2. The molecule has 0 aromatic rings. The van der Waals surface area contributed by atoms with Gasteiger partial charge in [-0.25, -0.2) is 0 Å². The highest BCUT2D eigenvalue weighted by molar-refractivity contribution is 8.01. The lowest BCUT2D eigenvalue weighted by atomic mass is 9.69. The van der Waals surface area contributed by atoms with E-state index in [0.29, 0.717) is 23.9 Å². The van der Waals surface area contributed by atoms with Crippen LogP contribution in [0.5, 0.6) is 0 Å². The molecule has 5 aliphatic rings. The Balaban J connectivity index is 1.38. The molecule has 0 N–H and O–H groups in total. The molecule has 0 aromatic carbocycles. The molecule has 4 nitrogen and oxygen atoms in total. The summed E-state index contributed by atoms with van der Waals surface area (Å²) in [5, 5.41) is 0. The maximum absolute atomic E-state index is 13.4. The van der Waals surface area contributed by atoms with Gasteiger partial charge in [0.15, 0.2) is 0 Å². The first-order valence-electron chi connectivity index (χ1n) is 10.4. The van der Waals surface area contributed by atoms with Gasteiger partial charge in [0.1, 0.15) is 0 Å². The first-order valence-corrected chi connectivity index (χ1v) is 11.4. The molecule has 5 rings (SSSR count). The Morgan fingerprint density at radius 1 is 0.800 bits per heavy atom. The van der Waals surface area contributed by atoms with Crippen LogP contribution in [0.3, 0.4) is 0 Å². The lowest BCUT2D eigenvalue weighted by Gasteiger charge is -2.49. The number of carbonyl (C=O) groups is 2. The molecule has 2 amide bonds. The van der Waals surface area contributed by atoms with Crippen molar-refractivity contribution in [3.63, 3.8) is 0 Å². The average Bonchev–Trinajstić information content (AvgIpc) is 3.03. The highest BCUT2D eigenvalue weighted by atomic mass is 32.2. The van der Waals surface area contributed by atoms with Crippen molar-refractivity contribution in [2.24, 2.45) is 5.41 Å². The molecule has 25 heavy (non-hydrogen) atoms. The zero-order valence-electron chi connectivity index (χ0n) is 15.2. The van der Waals surface area contributed by atoms with E-state index < -0.39 is 0 Å². The Morgan fingerprint density at radius 3 is 2.16 bits per heavy atom.